The minimum absolute atomic E-state index is 0.155. The molecule has 0 aliphatic heterocycles. The van der Waals surface area contributed by atoms with Gasteiger partial charge < -0.3 is 14.9 Å². The Morgan fingerprint density at radius 2 is 1.40 bits per heavy atom. The summed E-state index contributed by atoms with van der Waals surface area (Å²) in [4.78, 5) is 12.8. The van der Waals surface area contributed by atoms with Gasteiger partial charge in [0, 0.05) is 12.0 Å². The summed E-state index contributed by atoms with van der Waals surface area (Å²) in [7, 11) is 0. The van der Waals surface area contributed by atoms with Crippen LogP contribution in [-0.2, 0) is 4.79 Å². The highest BCUT2D eigenvalue weighted by Crippen LogP contribution is 2.28. The van der Waals surface area contributed by atoms with Gasteiger partial charge in [-0.05, 0) is 43.5 Å². The maximum Gasteiger partial charge on any atom is 0.339 e. The molecule has 2 aromatic carbocycles. The van der Waals surface area contributed by atoms with Gasteiger partial charge in [-0.3, -0.25) is 0 Å². The van der Waals surface area contributed by atoms with Crippen LogP contribution < -0.4 is 4.74 Å². The predicted molar refractivity (Wildman–Crippen MR) is 98.0 cm³/mol. The summed E-state index contributed by atoms with van der Waals surface area (Å²) >= 11 is 0. The average Bonchev–Trinajstić information content (AvgIpc) is 2.59. The van der Waals surface area contributed by atoms with E-state index in [4.69, 9.17) is 4.74 Å². The Hall–Kier alpha value is -2.43. The quantitative estimate of drug-likeness (QED) is 0.459. The van der Waals surface area contributed by atoms with Crippen LogP contribution in [0.2, 0.25) is 0 Å². The molecule has 132 valence electrons. The first-order chi connectivity index (χ1) is 12.0. The largest absolute Gasteiger partial charge is 0.423 e. The van der Waals surface area contributed by atoms with Gasteiger partial charge in [-0.1, -0.05) is 48.5 Å². The number of ether oxygens (including phenoxy) is 1. The first-order valence-corrected chi connectivity index (χ1v) is 8.38. The number of aliphatic hydroxyl groups excluding tert-OH is 2. The lowest BCUT2D eigenvalue weighted by molar-refractivity contribution is -0.130. The maximum absolute atomic E-state index is 12.8. The average molecular weight is 340 g/mol. The summed E-state index contributed by atoms with van der Waals surface area (Å²) in [5, 5.41) is 19.8. The molecule has 0 fully saturated rings. The van der Waals surface area contributed by atoms with E-state index in [0.717, 1.165) is 5.56 Å². The predicted octanol–water partition coefficient (Wildman–Crippen LogP) is 3.59. The van der Waals surface area contributed by atoms with Crippen molar-refractivity contribution in [2.75, 3.05) is 0 Å². The minimum atomic E-state index is -0.703. The van der Waals surface area contributed by atoms with Crippen LogP contribution in [0.15, 0.2) is 66.2 Å². The van der Waals surface area contributed by atoms with E-state index in [0.29, 0.717) is 23.3 Å². The second-order valence-electron chi connectivity index (χ2n) is 6.13. The molecule has 2 rings (SSSR count). The van der Waals surface area contributed by atoms with Crippen LogP contribution >= 0.6 is 0 Å². The van der Waals surface area contributed by atoms with Gasteiger partial charge >= 0.3 is 5.97 Å². The van der Waals surface area contributed by atoms with Crippen LogP contribution in [0, 0.1) is 0 Å². The fraction of sp³-hybridized carbons (Fsp3) is 0.286. The Kier molecular flexibility index (Phi) is 6.92. The van der Waals surface area contributed by atoms with Crippen LogP contribution in [0.4, 0.5) is 0 Å². The van der Waals surface area contributed by atoms with E-state index in [1.54, 1.807) is 38.1 Å². The molecule has 0 spiro atoms. The molecule has 0 heterocycles. The van der Waals surface area contributed by atoms with Gasteiger partial charge in [0.25, 0.3) is 0 Å². The van der Waals surface area contributed by atoms with Crippen molar-refractivity contribution in [3.63, 3.8) is 0 Å². The molecule has 2 unspecified atom stereocenters. The maximum atomic E-state index is 12.8. The van der Waals surface area contributed by atoms with Crippen LogP contribution in [0.1, 0.15) is 32.3 Å². The molecule has 2 aromatic rings. The Morgan fingerprint density at radius 1 is 0.880 bits per heavy atom. The first kappa shape index (κ1) is 18.9. The lowest BCUT2D eigenvalue weighted by Gasteiger charge is -2.18. The summed E-state index contributed by atoms with van der Waals surface area (Å²) in [6.45, 7) is 3.30. The zero-order valence-electron chi connectivity index (χ0n) is 14.6. The molecule has 4 heteroatoms. The highest BCUT2D eigenvalue weighted by molar-refractivity contribution is 5.99. The summed E-state index contributed by atoms with van der Waals surface area (Å²) in [6.07, 6.45) is -0.867. The molecule has 0 aliphatic rings. The van der Waals surface area contributed by atoms with Crippen molar-refractivity contribution in [2.24, 2.45) is 0 Å². The second-order valence-corrected chi connectivity index (χ2v) is 6.13. The van der Waals surface area contributed by atoms with E-state index < -0.39 is 18.2 Å². The van der Waals surface area contributed by atoms with E-state index in [2.05, 4.69) is 0 Å². The molecule has 0 amide bonds. The molecule has 0 saturated heterocycles. The minimum Gasteiger partial charge on any atom is -0.423 e. The zero-order valence-corrected chi connectivity index (χ0v) is 14.6. The van der Waals surface area contributed by atoms with E-state index in [9.17, 15) is 15.0 Å². The van der Waals surface area contributed by atoms with Crippen LogP contribution in [0.5, 0.6) is 5.75 Å². The molecular weight excluding hydrogens is 316 g/mol. The fourth-order valence-electron chi connectivity index (χ4n) is 2.63. The summed E-state index contributed by atoms with van der Waals surface area (Å²) in [5.74, 6) is -0.0633. The smallest absolute Gasteiger partial charge is 0.339 e. The highest BCUT2D eigenvalue weighted by Gasteiger charge is 2.21. The van der Waals surface area contributed by atoms with Gasteiger partial charge in [0.1, 0.15) is 5.75 Å². The van der Waals surface area contributed by atoms with Crippen molar-refractivity contribution < 1.29 is 19.7 Å². The third-order valence-corrected chi connectivity index (χ3v) is 3.69. The van der Waals surface area contributed by atoms with E-state index >= 15 is 0 Å². The summed E-state index contributed by atoms with van der Waals surface area (Å²) in [6, 6.07) is 18.2. The monoisotopic (exact) mass is 340 g/mol. The standard InChI is InChI=1S/C21H24O4/c1-15(22)13-19(17-9-5-3-6-10-17)20(14-16(2)23)21(24)25-18-11-7-4-8-12-18/h3-12,15-16,22-23H,13-14H2,1-2H3. The number of aliphatic hydroxyl groups is 2. The first-order valence-electron chi connectivity index (χ1n) is 8.38. The number of carbonyl (C=O) groups excluding carboxylic acids is 1. The lowest BCUT2D eigenvalue weighted by atomic mass is 9.92. The Balaban J connectivity index is 2.45. The molecule has 2 atom stereocenters. The van der Waals surface area contributed by atoms with Crippen molar-refractivity contribution in [2.45, 2.75) is 38.9 Å². The van der Waals surface area contributed by atoms with Crippen LogP contribution in [-0.4, -0.2) is 28.4 Å². The van der Waals surface area contributed by atoms with Crippen LogP contribution in [0.25, 0.3) is 5.57 Å². The summed E-state index contributed by atoms with van der Waals surface area (Å²) < 4.78 is 5.47. The van der Waals surface area contributed by atoms with E-state index in [-0.39, 0.29) is 6.42 Å². The number of para-hydroxylation sites is 1. The topological polar surface area (TPSA) is 66.8 Å². The van der Waals surface area contributed by atoms with Gasteiger partial charge in [-0.25, -0.2) is 4.79 Å². The summed E-state index contributed by atoms with van der Waals surface area (Å²) in [5.41, 5.74) is 1.91. The zero-order chi connectivity index (χ0) is 18.2. The Bertz CT molecular complexity index is 703. The van der Waals surface area contributed by atoms with Gasteiger partial charge in [-0.2, -0.15) is 0 Å². The van der Waals surface area contributed by atoms with Crippen molar-refractivity contribution in [1.82, 2.24) is 0 Å². The Labute approximate surface area is 148 Å². The van der Waals surface area contributed by atoms with Gasteiger partial charge in [0.15, 0.2) is 0 Å². The number of rotatable bonds is 7. The third-order valence-electron chi connectivity index (χ3n) is 3.69. The fourth-order valence-corrected chi connectivity index (χ4v) is 2.63. The van der Waals surface area contributed by atoms with E-state index in [1.807, 2.05) is 36.4 Å². The normalized spacial score (nSPS) is 14.4. The molecule has 0 bridgehead atoms. The van der Waals surface area contributed by atoms with Crippen molar-refractivity contribution in [1.29, 1.82) is 0 Å². The van der Waals surface area contributed by atoms with Crippen LogP contribution in [0.3, 0.4) is 0 Å². The van der Waals surface area contributed by atoms with Crippen molar-refractivity contribution in [3.05, 3.63) is 71.8 Å². The number of benzene rings is 2. The number of hydrogen-bond acceptors (Lipinski definition) is 4. The molecule has 0 aromatic heterocycles. The second kappa shape index (κ2) is 9.16. The van der Waals surface area contributed by atoms with Gasteiger partial charge in [0.2, 0.25) is 0 Å². The van der Waals surface area contributed by atoms with Gasteiger partial charge in [-0.15, -0.1) is 0 Å². The molecule has 25 heavy (non-hydrogen) atoms. The lowest BCUT2D eigenvalue weighted by Crippen LogP contribution is -2.18. The third kappa shape index (κ3) is 5.85. The molecule has 0 saturated carbocycles. The molecular formula is C21H24O4. The molecule has 0 radical (unpaired) electrons. The number of carbonyl (C=O) groups is 1. The number of hydrogen-bond donors (Lipinski definition) is 2. The molecule has 4 nitrogen and oxygen atoms in total. The SMILES string of the molecule is CC(O)CC(C(=O)Oc1ccccc1)=C(CC(C)O)c1ccccc1. The molecule has 2 N–H and O–H groups in total. The van der Waals surface area contributed by atoms with Crippen molar-refractivity contribution in [3.8, 4) is 5.75 Å². The molecule has 0 aliphatic carbocycles. The van der Waals surface area contributed by atoms with E-state index in [1.165, 1.54) is 0 Å². The Morgan fingerprint density at radius 3 is 1.92 bits per heavy atom. The van der Waals surface area contributed by atoms with Crippen molar-refractivity contribution >= 4 is 11.5 Å². The highest BCUT2D eigenvalue weighted by atomic mass is 16.5. The number of esters is 1. The van der Waals surface area contributed by atoms with Gasteiger partial charge in [0.05, 0.1) is 12.2 Å².